The van der Waals surface area contributed by atoms with Gasteiger partial charge in [0.15, 0.2) is 18.1 Å². The second-order valence-corrected chi connectivity index (χ2v) is 7.85. The molecule has 0 bridgehead atoms. The molecule has 0 radical (unpaired) electrons. The van der Waals surface area contributed by atoms with Crippen molar-refractivity contribution in [2.24, 2.45) is 0 Å². The fourth-order valence-corrected chi connectivity index (χ4v) is 3.66. The van der Waals surface area contributed by atoms with Crippen molar-refractivity contribution in [2.75, 3.05) is 32.8 Å². The molecule has 2 amide bonds. The van der Waals surface area contributed by atoms with E-state index in [2.05, 4.69) is 24.4 Å². The maximum atomic E-state index is 12.7. The molecular formula is C25H32N2O4. The highest BCUT2D eigenvalue weighted by atomic mass is 16.5. The lowest BCUT2D eigenvalue weighted by molar-refractivity contribution is -0.134. The van der Waals surface area contributed by atoms with Crippen LogP contribution >= 0.6 is 0 Å². The van der Waals surface area contributed by atoms with Crippen molar-refractivity contribution < 1.29 is 19.1 Å². The zero-order valence-corrected chi connectivity index (χ0v) is 18.4. The van der Waals surface area contributed by atoms with Crippen LogP contribution in [0.4, 0.5) is 0 Å². The molecule has 0 aromatic heterocycles. The molecule has 1 aliphatic heterocycles. The van der Waals surface area contributed by atoms with Crippen LogP contribution in [0.25, 0.3) is 0 Å². The molecule has 2 aromatic rings. The van der Waals surface area contributed by atoms with Gasteiger partial charge in [-0.2, -0.15) is 0 Å². The molecule has 166 valence electrons. The highest BCUT2D eigenvalue weighted by Gasteiger charge is 2.18. The number of piperidine rings is 1. The Balaban J connectivity index is 1.59. The van der Waals surface area contributed by atoms with Crippen molar-refractivity contribution in [3.8, 4) is 11.5 Å². The number of nitrogens with one attached hydrogen (secondary N) is 1. The van der Waals surface area contributed by atoms with Crippen LogP contribution in [0.15, 0.2) is 48.5 Å². The topological polar surface area (TPSA) is 67.9 Å². The van der Waals surface area contributed by atoms with Crippen molar-refractivity contribution in [2.45, 2.75) is 39.0 Å². The van der Waals surface area contributed by atoms with Crippen LogP contribution in [0.2, 0.25) is 0 Å². The maximum absolute atomic E-state index is 12.7. The molecule has 6 heteroatoms. The molecule has 31 heavy (non-hydrogen) atoms. The van der Waals surface area contributed by atoms with Gasteiger partial charge in [0.05, 0.1) is 6.61 Å². The van der Waals surface area contributed by atoms with Crippen molar-refractivity contribution in [1.82, 2.24) is 10.2 Å². The van der Waals surface area contributed by atoms with Gasteiger partial charge in [-0.1, -0.05) is 37.3 Å². The fourth-order valence-electron chi connectivity index (χ4n) is 3.66. The minimum atomic E-state index is -0.167. The van der Waals surface area contributed by atoms with Gasteiger partial charge in [-0.3, -0.25) is 9.59 Å². The van der Waals surface area contributed by atoms with Gasteiger partial charge >= 0.3 is 0 Å². The predicted octanol–water partition coefficient (Wildman–Crippen LogP) is 4.01. The zero-order chi connectivity index (χ0) is 22.1. The lowest BCUT2D eigenvalue weighted by Crippen LogP contribution is -2.38. The third kappa shape index (κ3) is 6.48. The monoisotopic (exact) mass is 424 g/mol. The van der Waals surface area contributed by atoms with Crippen LogP contribution in [0.1, 0.15) is 54.9 Å². The van der Waals surface area contributed by atoms with E-state index >= 15 is 0 Å². The van der Waals surface area contributed by atoms with E-state index in [1.54, 1.807) is 18.2 Å². The molecule has 1 fully saturated rings. The van der Waals surface area contributed by atoms with E-state index in [4.69, 9.17) is 9.47 Å². The Labute approximate surface area is 184 Å². The number of hydrogen-bond donors (Lipinski definition) is 1. The van der Waals surface area contributed by atoms with E-state index in [-0.39, 0.29) is 24.3 Å². The molecule has 1 heterocycles. The summed E-state index contributed by atoms with van der Waals surface area (Å²) in [6.45, 7) is 6.48. The van der Waals surface area contributed by atoms with Crippen LogP contribution in [0.3, 0.4) is 0 Å². The normalized spacial score (nSPS) is 14.6. The van der Waals surface area contributed by atoms with E-state index in [0.29, 0.717) is 30.2 Å². The minimum Gasteiger partial charge on any atom is -0.490 e. The van der Waals surface area contributed by atoms with E-state index in [0.717, 1.165) is 25.9 Å². The molecular weight excluding hydrogens is 392 g/mol. The average Bonchev–Trinajstić information content (AvgIpc) is 2.82. The Bertz CT molecular complexity index is 863. The summed E-state index contributed by atoms with van der Waals surface area (Å²) in [7, 11) is 0. The quantitative estimate of drug-likeness (QED) is 0.660. The summed E-state index contributed by atoms with van der Waals surface area (Å²) in [6, 6.07) is 15.2. The number of benzene rings is 2. The lowest BCUT2D eigenvalue weighted by atomic mass is 10.0. The summed E-state index contributed by atoms with van der Waals surface area (Å²) in [5, 5.41) is 2.98. The van der Waals surface area contributed by atoms with Crippen molar-refractivity contribution in [1.29, 1.82) is 0 Å². The first-order valence-corrected chi connectivity index (χ1v) is 11.1. The Morgan fingerprint density at radius 2 is 1.74 bits per heavy atom. The van der Waals surface area contributed by atoms with E-state index in [1.165, 1.54) is 12.0 Å². The number of amides is 2. The van der Waals surface area contributed by atoms with Crippen molar-refractivity contribution in [3.05, 3.63) is 59.7 Å². The molecule has 0 saturated carbocycles. The summed E-state index contributed by atoms with van der Waals surface area (Å²) in [6.07, 6.45) is 3.26. The molecule has 6 nitrogen and oxygen atoms in total. The number of likely N-dealkylation sites (tertiary alicyclic amines) is 1. The van der Waals surface area contributed by atoms with Crippen LogP contribution in [0.5, 0.6) is 11.5 Å². The van der Waals surface area contributed by atoms with Crippen molar-refractivity contribution in [3.63, 3.8) is 0 Å². The first-order valence-electron chi connectivity index (χ1n) is 11.1. The van der Waals surface area contributed by atoms with Gasteiger partial charge in [-0.25, -0.2) is 0 Å². The zero-order valence-electron chi connectivity index (χ0n) is 18.4. The molecule has 0 aliphatic carbocycles. The molecule has 1 aliphatic rings. The number of hydrogen-bond acceptors (Lipinski definition) is 4. The molecule has 1 atom stereocenters. The number of carbonyl (C=O) groups excluding carboxylic acids is 2. The summed E-state index contributed by atoms with van der Waals surface area (Å²) in [5.74, 6) is 0.970. The van der Waals surface area contributed by atoms with E-state index in [9.17, 15) is 9.59 Å². The number of carbonyl (C=O) groups is 2. The molecule has 1 N–H and O–H groups in total. The Morgan fingerprint density at radius 1 is 1.00 bits per heavy atom. The molecule has 1 unspecified atom stereocenters. The van der Waals surface area contributed by atoms with Gasteiger partial charge < -0.3 is 19.7 Å². The fraction of sp³-hybridized carbons (Fsp3) is 0.440. The number of nitrogens with zero attached hydrogens (tertiary/aromatic N) is 1. The second-order valence-electron chi connectivity index (χ2n) is 7.85. The molecule has 1 saturated heterocycles. The van der Waals surface area contributed by atoms with Crippen LogP contribution in [-0.2, 0) is 4.79 Å². The third-order valence-corrected chi connectivity index (χ3v) is 5.50. The van der Waals surface area contributed by atoms with Crippen LogP contribution in [-0.4, -0.2) is 49.6 Å². The lowest BCUT2D eigenvalue weighted by Gasteiger charge is -2.26. The maximum Gasteiger partial charge on any atom is 0.260 e. The van der Waals surface area contributed by atoms with Gasteiger partial charge in [-0.05, 0) is 55.9 Å². The predicted molar refractivity (Wildman–Crippen MR) is 121 cm³/mol. The Kier molecular flexibility index (Phi) is 8.33. The van der Waals surface area contributed by atoms with Crippen LogP contribution in [0, 0.1) is 0 Å². The second kappa shape index (κ2) is 11.4. The number of rotatable bonds is 9. The highest BCUT2D eigenvalue weighted by Crippen LogP contribution is 2.29. The molecule has 3 rings (SSSR count). The third-order valence-electron chi connectivity index (χ3n) is 5.50. The highest BCUT2D eigenvalue weighted by molar-refractivity contribution is 5.95. The molecule has 0 spiro atoms. The number of ether oxygens (including phenoxy) is 2. The summed E-state index contributed by atoms with van der Waals surface area (Å²) in [4.78, 5) is 26.9. The Hall–Kier alpha value is -3.02. The van der Waals surface area contributed by atoms with Gasteiger partial charge in [0.1, 0.15) is 0 Å². The van der Waals surface area contributed by atoms with Gasteiger partial charge in [0.2, 0.25) is 0 Å². The van der Waals surface area contributed by atoms with Gasteiger partial charge in [0, 0.05) is 25.2 Å². The van der Waals surface area contributed by atoms with E-state index in [1.807, 2.05) is 30.0 Å². The van der Waals surface area contributed by atoms with Gasteiger partial charge in [-0.15, -0.1) is 0 Å². The molecule has 2 aromatic carbocycles. The summed E-state index contributed by atoms with van der Waals surface area (Å²) < 4.78 is 11.4. The Morgan fingerprint density at radius 3 is 2.45 bits per heavy atom. The SMILES string of the molecule is CCOc1cc(C(=O)NCC(C)c2ccccc2)ccc1OCC(=O)N1CCCCC1. The average molecular weight is 425 g/mol. The smallest absolute Gasteiger partial charge is 0.260 e. The van der Waals surface area contributed by atoms with Gasteiger partial charge in [0.25, 0.3) is 11.8 Å². The largest absolute Gasteiger partial charge is 0.490 e. The summed E-state index contributed by atoms with van der Waals surface area (Å²) >= 11 is 0. The van der Waals surface area contributed by atoms with Crippen LogP contribution < -0.4 is 14.8 Å². The summed E-state index contributed by atoms with van der Waals surface area (Å²) in [5.41, 5.74) is 1.68. The first-order chi connectivity index (χ1) is 15.1. The first kappa shape index (κ1) is 22.7. The standard InChI is InChI=1S/C25H32N2O4/c1-3-30-23-16-21(25(29)26-17-19(2)20-10-6-4-7-11-20)12-13-22(23)31-18-24(28)27-14-8-5-9-15-27/h4,6-7,10-13,16,19H,3,5,8-9,14-15,17-18H2,1-2H3,(H,26,29). The minimum absolute atomic E-state index is 0.0149. The van der Waals surface area contributed by atoms with E-state index < -0.39 is 0 Å². The van der Waals surface area contributed by atoms with Crippen molar-refractivity contribution >= 4 is 11.8 Å².